The first-order valence-corrected chi connectivity index (χ1v) is 11.6. The van der Waals surface area contributed by atoms with Gasteiger partial charge in [-0.25, -0.2) is 0 Å². The molecule has 1 heterocycles. The third kappa shape index (κ3) is 6.61. The maximum atomic E-state index is 12.9. The van der Waals surface area contributed by atoms with Gasteiger partial charge in [0.15, 0.2) is 0 Å². The van der Waals surface area contributed by atoms with Gasteiger partial charge in [-0.15, -0.1) is 0 Å². The molecular formula is C24H29Cl2N3O3. The van der Waals surface area contributed by atoms with E-state index in [4.69, 9.17) is 27.9 Å². The SMILES string of the molecule is CCN(CC(=O)Nc1ccc(N2CCOCC2)cc1)C(=O)C(C)Cc1ccc(Cl)cc1Cl. The Morgan fingerprint density at radius 1 is 1.12 bits per heavy atom. The van der Waals surface area contributed by atoms with Gasteiger partial charge < -0.3 is 19.9 Å². The number of hydrogen-bond acceptors (Lipinski definition) is 4. The van der Waals surface area contributed by atoms with E-state index in [9.17, 15) is 9.59 Å². The zero-order chi connectivity index (χ0) is 23.1. The molecule has 32 heavy (non-hydrogen) atoms. The molecule has 0 aromatic heterocycles. The first-order chi connectivity index (χ1) is 15.4. The number of carbonyl (C=O) groups excluding carboxylic acids is 2. The van der Waals surface area contributed by atoms with E-state index in [0.717, 1.165) is 37.6 Å². The van der Waals surface area contributed by atoms with Crippen molar-refractivity contribution < 1.29 is 14.3 Å². The van der Waals surface area contributed by atoms with Crippen LogP contribution in [0, 0.1) is 5.92 Å². The number of rotatable bonds is 8. The number of morpholine rings is 1. The molecule has 1 fully saturated rings. The molecule has 2 amide bonds. The molecule has 0 spiro atoms. The van der Waals surface area contributed by atoms with Crippen LogP contribution in [0.2, 0.25) is 10.0 Å². The molecule has 1 aliphatic heterocycles. The van der Waals surface area contributed by atoms with Crippen molar-refractivity contribution in [1.82, 2.24) is 4.90 Å². The monoisotopic (exact) mass is 477 g/mol. The van der Waals surface area contributed by atoms with E-state index in [1.807, 2.05) is 44.2 Å². The summed E-state index contributed by atoms with van der Waals surface area (Å²) in [4.78, 5) is 29.3. The Hall–Kier alpha value is -2.28. The van der Waals surface area contributed by atoms with Gasteiger partial charge in [-0.1, -0.05) is 36.2 Å². The zero-order valence-electron chi connectivity index (χ0n) is 18.4. The lowest BCUT2D eigenvalue weighted by molar-refractivity contribution is -0.137. The maximum Gasteiger partial charge on any atom is 0.243 e. The lowest BCUT2D eigenvalue weighted by Gasteiger charge is -2.29. The molecule has 3 rings (SSSR count). The lowest BCUT2D eigenvalue weighted by atomic mass is 9.99. The highest BCUT2D eigenvalue weighted by Gasteiger charge is 2.22. The average molecular weight is 478 g/mol. The van der Waals surface area contributed by atoms with Gasteiger partial charge in [0.25, 0.3) is 0 Å². The minimum atomic E-state index is -0.311. The molecule has 2 aromatic carbocycles. The summed E-state index contributed by atoms with van der Waals surface area (Å²) in [7, 11) is 0. The minimum absolute atomic E-state index is 0.000755. The summed E-state index contributed by atoms with van der Waals surface area (Å²) >= 11 is 12.2. The van der Waals surface area contributed by atoms with Crippen LogP contribution in [-0.4, -0.2) is 56.1 Å². The van der Waals surface area contributed by atoms with Crippen molar-refractivity contribution >= 4 is 46.4 Å². The Morgan fingerprint density at radius 2 is 1.81 bits per heavy atom. The van der Waals surface area contributed by atoms with Crippen molar-refractivity contribution in [1.29, 1.82) is 0 Å². The summed E-state index contributed by atoms with van der Waals surface area (Å²) in [5, 5.41) is 3.98. The summed E-state index contributed by atoms with van der Waals surface area (Å²) in [6.45, 7) is 7.32. The van der Waals surface area contributed by atoms with Crippen molar-refractivity contribution in [2.75, 3.05) is 49.6 Å². The molecule has 2 aromatic rings. The Bertz CT molecular complexity index is 931. The van der Waals surface area contributed by atoms with Crippen LogP contribution >= 0.6 is 23.2 Å². The molecule has 0 bridgehead atoms. The highest BCUT2D eigenvalue weighted by atomic mass is 35.5. The number of anilines is 2. The van der Waals surface area contributed by atoms with Gasteiger partial charge in [-0.2, -0.15) is 0 Å². The van der Waals surface area contributed by atoms with Crippen molar-refractivity contribution in [2.45, 2.75) is 20.3 Å². The van der Waals surface area contributed by atoms with Crippen LogP contribution in [0.4, 0.5) is 11.4 Å². The fourth-order valence-electron chi connectivity index (χ4n) is 3.71. The second-order valence-electron chi connectivity index (χ2n) is 7.89. The standard InChI is InChI=1S/C24H29Cl2N3O3/c1-3-28(24(31)17(2)14-18-4-5-19(25)15-22(18)26)16-23(30)27-20-6-8-21(9-7-20)29-10-12-32-13-11-29/h4-9,15,17H,3,10-14,16H2,1-2H3,(H,27,30). The number of nitrogens with zero attached hydrogens (tertiary/aromatic N) is 2. The second-order valence-corrected chi connectivity index (χ2v) is 8.73. The number of hydrogen-bond donors (Lipinski definition) is 1. The summed E-state index contributed by atoms with van der Waals surface area (Å²) < 4.78 is 5.38. The molecule has 1 saturated heterocycles. The Balaban J connectivity index is 1.54. The van der Waals surface area contributed by atoms with Crippen LogP contribution in [0.5, 0.6) is 0 Å². The van der Waals surface area contributed by atoms with E-state index < -0.39 is 0 Å². The van der Waals surface area contributed by atoms with Gasteiger partial charge in [0.2, 0.25) is 11.8 Å². The summed E-state index contributed by atoms with van der Waals surface area (Å²) in [6.07, 6.45) is 0.482. The Labute approximate surface area is 199 Å². The summed E-state index contributed by atoms with van der Waals surface area (Å²) in [5.74, 6) is -0.624. The number of halogens is 2. The first kappa shape index (κ1) is 24.4. The lowest BCUT2D eigenvalue weighted by Crippen LogP contribution is -2.41. The number of carbonyl (C=O) groups is 2. The van der Waals surface area contributed by atoms with Gasteiger partial charge in [0.1, 0.15) is 0 Å². The number of ether oxygens (including phenoxy) is 1. The van der Waals surface area contributed by atoms with E-state index in [1.165, 1.54) is 0 Å². The van der Waals surface area contributed by atoms with Crippen LogP contribution in [0.3, 0.4) is 0 Å². The van der Waals surface area contributed by atoms with E-state index in [2.05, 4.69) is 10.2 Å². The topological polar surface area (TPSA) is 61.9 Å². The molecule has 0 aliphatic carbocycles. The third-order valence-corrected chi connectivity index (χ3v) is 6.10. The molecule has 6 nitrogen and oxygen atoms in total. The molecule has 172 valence electrons. The predicted octanol–water partition coefficient (Wildman–Crippen LogP) is 4.50. The van der Waals surface area contributed by atoms with Gasteiger partial charge in [-0.3, -0.25) is 9.59 Å². The van der Waals surface area contributed by atoms with Crippen LogP contribution in [0.1, 0.15) is 19.4 Å². The summed E-state index contributed by atoms with van der Waals surface area (Å²) in [6, 6.07) is 13.0. The minimum Gasteiger partial charge on any atom is -0.378 e. The van der Waals surface area contributed by atoms with Crippen LogP contribution < -0.4 is 10.2 Å². The van der Waals surface area contributed by atoms with Crippen molar-refractivity contribution in [3.8, 4) is 0 Å². The maximum absolute atomic E-state index is 12.9. The van der Waals surface area contributed by atoms with Crippen molar-refractivity contribution in [3.05, 3.63) is 58.1 Å². The molecule has 0 radical (unpaired) electrons. The Morgan fingerprint density at radius 3 is 2.44 bits per heavy atom. The normalized spacial score (nSPS) is 14.7. The molecule has 1 aliphatic rings. The summed E-state index contributed by atoms with van der Waals surface area (Å²) in [5.41, 5.74) is 2.67. The smallest absolute Gasteiger partial charge is 0.243 e. The van der Waals surface area contributed by atoms with Crippen LogP contribution in [0.15, 0.2) is 42.5 Å². The highest BCUT2D eigenvalue weighted by molar-refractivity contribution is 6.35. The zero-order valence-corrected chi connectivity index (χ0v) is 20.0. The molecule has 1 N–H and O–H groups in total. The van der Waals surface area contributed by atoms with E-state index >= 15 is 0 Å². The fourth-order valence-corrected chi connectivity index (χ4v) is 4.20. The second kappa shape index (κ2) is 11.5. The first-order valence-electron chi connectivity index (χ1n) is 10.8. The van der Waals surface area contributed by atoms with Crippen molar-refractivity contribution in [3.63, 3.8) is 0 Å². The van der Waals surface area contributed by atoms with Crippen molar-refractivity contribution in [2.24, 2.45) is 5.92 Å². The average Bonchev–Trinajstić information content (AvgIpc) is 2.80. The van der Waals surface area contributed by atoms with Gasteiger partial charge in [-0.05, 0) is 55.3 Å². The van der Waals surface area contributed by atoms with Gasteiger partial charge in [0, 0.05) is 47.0 Å². The number of nitrogens with one attached hydrogen (secondary N) is 1. The van der Waals surface area contributed by atoms with E-state index in [0.29, 0.717) is 28.7 Å². The number of benzene rings is 2. The molecule has 1 atom stereocenters. The van der Waals surface area contributed by atoms with E-state index in [-0.39, 0.29) is 24.3 Å². The van der Waals surface area contributed by atoms with E-state index in [1.54, 1.807) is 17.0 Å². The fraction of sp³-hybridized carbons (Fsp3) is 0.417. The molecule has 8 heteroatoms. The van der Waals surface area contributed by atoms with Gasteiger partial charge >= 0.3 is 0 Å². The molecule has 1 unspecified atom stereocenters. The van der Waals surface area contributed by atoms with Crippen LogP contribution in [-0.2, 0) is 20.7 Å². The number of likely N-dealkylation sites (N-methyl/N-ethyl adjacent to an activating group) is 1. The largest absolute Gasteiger partial charge is 0.378 e. The molecular weight excluding hydrogens is 449 g/mol. The van der Waals surface area contributed by atoms with Gasteiger partial charge in [0.05, 0.1) is 19.8 Å². The highest BCUT2D eigenvalue weighted by Crippen LogP contribution is 2.24. The molecule has 0 saturated carbocycles. The predicted molar refractivity (Wildman–Crippen MR) is 130 cm³/mol. The Kier molecular flexibility index (Phi) is 8.79. The quantitative estimate of drug-likeness (QED) is 0.607. The third-order valence-electron chi connectivity index (χ3n) is 5.52. The number of amides is 2. The van der Waals surface area contributed by atoms with Crippen LogP contribution in [0.25, 0.3) is 0 Å².